The highest BCUT2D eigenvalue weighted by atomic mass is 16.5. The van der Waals surface area contributed by atoms with Crippen LogP contribution in [0.4, 0.5) is 5.69 Å². The van der Waals surface area contributed by atoms with Crippen molar-refractivity contribution in [2.45, 2.75) is 57.6 Å². The zero-order valence-corrected chi connectivity index (χ0v) is 15.9. The van der Waals surface area contributed by atoms with Gasteiger partial charge in [-0.2, -0.15) is 0 Å². The molecule has 0 amide bonds. The standard InChI is InChI=1S/C23H27NO3/c1-16(7-5-10-17-8-3-2-4-9-17)27-19-14-20-23(22(26)15-19)21(25)13-18-11-6-12-24(18)20/h2-4,8-9,14-16,18,26H,5-7,10-13H2,1H3/t16-,18-/m1/s1. The Morgan fingerprint density at radius 3 is 2.89 bits per heavy atom. The van der Waals surface area contributed by atoms with E-state index in [1.807, 2.05) is 12.1 Å². The van der Waals surface area contributed by atoms with Gasteiger partial charge in [-0.05, 0) is 44.6 Å². The number of ketones is 1. The summed E-state index contributed by atoms with van der Waals surface area (Å²) < 4.78 is 6.08. The SMILES string of the molecule is C[C@H](CCCc1ccccc1)Oc1cc(O)c2c(c1)N1CCC[C@@H]1CC2=O. The van der Waals surface area contributed by atoms with E-state index in [2.05, 4.69) is 36.1 Å². The second kappa shape index (κ2) is 7.63. The number of aromatic hydroxyl groups is 1. The van der Waals surface area contributed by atoms with E-state index in [-0.39, 0.29) is 23.7 Å². The zero-order chi connectivity index (χ0) is 18.8. The highest BCUT2D eigenvalue weighted by Crippen LogP contribution is 2.42. The summed E-state index contributed by atoms with van der Waals surface area (Å²) in [5, 5.41) is 10.4. The quantitative estimate of drug-likeness (QED) is 0.803. The number of anilines is 1. The van der Waals surface area contributed by atoms with E-state index < -0.39 is 0 Å². The minimum atomic E-state index is 0.0492. The number of carbonyl (C=O) groups is 1. The molecule has 2 aromatic carbocycles. The highest BCUT2D eigenvalue weighted by molar-refractivity contribution is 6.06. The fourth-order valence-electron chi connectivity index (χ4n) is 4.38. The maximum Gasteiger partial charge on any atom is 0.170 e. The van der Waals surface area contributed by atoms with Gasteiger partial charge in [0.2, 0.25) is 0 Å². The van der Waals surface area contributed by atoms with Crippen molar-refractivity contribution in [3.63, 3.8) is 0 Å². The van der Waals surface area contributed by atoms with E-state index >= 15 is 0 Å². The van der Waals surface area contributed by atoms with Gasteiger partial charge in [-0.15, -0.1) is 0 Å². The number of hydrogen-bond donors (Lipinski definition) is 1. The molecule has 1 saturated heterocycles. The van der Waals surface area contributed by atoms with Gasteiger partial charge in [0.15, 0.2) is 5.78 Å². The number of carbonyl (C=O) groups excluding carboxylic acids is 1. The van der Waals surface area contributed by atoms with Crippen molar-refractivity contribution in [2.24, 2.45) is 0 Å². The van der Waals surface area contributed by atoms with Crippen LogP contribution in [-0.4, -0.2) is 29.6 Å². The number of benzene rings is 2. The first kappa shape index (κ1) is 17.9. The number of Topliss-reactive ketones (excluding diaryl/α,β-unsaturated/α-hetero) is 1. The second-order valence-electron chi connectivity index (χ2n) is 7.76. The van der Waals surface area contributed by atoms with Crippen LogP contribution in [-0.2, 0) is 6.42 Å². The average molecular weight is 365 g/mol. The third-order valence-electron chi connectivity index (χ3n) is 5.71. The number of phenolic OH excluding ortho intramolecular Hbond substituents is 1. The minimum Gasteiger partial charge on any atom is -0.507 e. The van der Waals surface area contributed by atoms with Crippen LogP contribution in [0.15, 0.2) is 42.5 Å². The fourth-order valence-corrected chi connectivity index (χ4v) is 4.38. The Morgan fingerprint density at radius 2 is 2.07 bits per heavy atom. The maximum atomic E-state index is 12.4. The van der Waals surface area contributed by atoms with E-state index in [9.17, 15) is 9.90 Å². The van der Waals surface area contributed by atoms with Gasteiger partial charge in [0.25, 0.3) is 0 Å². The topological polar surface area (TPSA) is 49.8 Å². The van der Waals surface area contributed by atoms with Gasteiger partial charge in [-0.1, -0.05) is 30.3 Å². The van der Waals surface area contributed by atoms with Gasteiger partial charge >= 0.3 is 0 Å². The molecule has 1 N–H and O–H groups in total. The van der Waals surface area contributed by atoms with Crippen LogP contribution in [0.3, 0.4) is 0 Å². The predicted octanol–water partition coefficient (Wildman–Crippen LogP) is 4.74. The van der Waals surface area contributed by atoms with Crippen molar-refractivity contribution in [3.8, 4) is 11.5 Å². The van der Waals surface area contributed by atoms with Crippen molar-refractivity contribution < 1.29 is 14.6 Å². The van der Waals surface area contributed by atoms with Crippen LogP contribution in [0.25, 0.3) is 0 Å². The van der Waals surface area contributed by atoms with Gasteiger partial charge in [-0.25, -0.2) is 0 Å². The molecule has 0 aromatic heterocycles. The molecule has 4 nitrogen and oxygen atoms in total. The van der Waals surface area contributed by atoms with Crippen LogP contribution in [0, 0.1) is 0 Å². The normalized spacial score (nSPS) is 19.5. The van der Waals surface area contributed by atoms with Crippen molar-refractivity contribution >= 4 is 11.5 Å². The zero-order valence-electron chi connectivity index (χ0n) is 15.9. The van der Waals surface area contributed by atoms with Crippen molar-refractivity contribution in [3.05, 3.63) is 53.6 Å². The van der Waals surface area contributed by atoms with Gasteiger partial charge in [0.1, 0.15) is 11.5 Å². The number of hydrogen-bond acceptors (Lipinski definition) is 4. The van der Waals surface area contributed by atoms with Crippen molar-refractivity contribution in [2.75, 3.05) is 11.4 Å². The molecule has 0 unspecified atom stereocenters. The molecule has 4 rings (SSSR count). The average Bonchev–Trinajstić information content (AvgIpc) is 3.11. The van der Waals surface area contributed by atoms with Gasteiger partial charge in [0.05, 0.1) is 17.4 Å². The van der Waals surface area contributed by atoms with E-state index in [1.54, 1.807) is 6.07 Å². The Morgan fingerprint density at radius 1 is 1.26 bits per heavy atom. The largest absolute Gasteiger partial charge is 0.507 e. The molecular formula is C23H27NO3. The summed E-state index contributed by atoms with van der Waals surface area (Å²) in [7, 11) is 0. The highest BCUT2D eigenvalue weighted by Gasteiger charge is 2.36. The number of phenols is 1. The lowest BCUT2D eigenvalue weighted by Gasteiger charge is -2.33. The number of rotatable bonds is 6. The molecule has 0 saturated carbocycles. The first-order valence-electron chi connectivity index (χ1n) is 9.99. The molecule has 2 heterocycles. The van der Waals surface area contributed by atoms with E-state index in [4.69, 9.17) is 4.74 Å². The fraction of sp³-hybridized carbons (Fsp3) is 0.435. The maximum absolute atomic E-state index is 12.4. The van der Waals surface area contributed by atoms with Crippen LogP contribution in [0.5, 0.6) is 11.5 Å². The third-order valence-corrected chi connectivity index (χ3v) is 5.71. The molecule has 2 aromatic rings. The lowest BCUT2D eigenvalue weighted by molar-refractivity contribution is 0.0966. The second-order valence-corrected chi connectivity index (χ2v) is 7.76. The first-order valence-corrected chi connectivity index (χ1v) is 9.99. The summed E-state index contributed by atoms with van der Waals surface area (Å²) in [4.78, 5) is 14.7. The summed E-state index contributed by atoms with van der Waals surface area (Å²) in [6.45, 7) is 3.01. The van der Waals surface area contributed by atoms with E-state index in [0.717, 1.165) is 44.3 Å². The molecule has 2 aliphatic rings. The van der Waals surface area contributed by atoms with E-state index in [1.165, 1.54) is 5.56 Å². The molecule has 4 heteroatoms. The molecule has 0 spiro atoms. The lowest BCUT2D eigenvalue weighted by atomic mass is 9.94. The molecular weight excluding hydrogens is 338 g/mol. The summed E-state index contributed by atoms with van der Waals surface area (Å²) >= 11 is 0. The molecule has 0 bridgehead atoms. The monoisotopic (exact) mass is 365 g/mol. The number of fused-ring (bicyclic) bond motifs is 3. The predicted molar refractivity (Wildman–Crippen MR) is 107 cm³/mol. The molecule has 0 radical (unpaired) electrons. The molecule has 2 aliphatic heterocycles. The lowest BCUT2D eigenvalue weighted by Crippen LogP contribution is -2.36. The van der Waals surface area contributed by atoms with Gasteiger partial charge in [0, 0.05) is 31.1 Å². The summed E-state index contributed by atoms with van der Waals surface area (Å²) in [6.07, 6.45) is 5.74. The van der Waals surface area contributed by atoms with Gasteiger partial charge < -0.3 is 14.7 Å². The molecule has 142 valence electrons. The van der Waals surface area contributed by atoms with Crippen molar-refractivity contribution in [1.82, 2.24) is 0 Å². The Hall–Kier alpha value is -2.49. The summed E-state index contributed by atoms with van der Waals surface area (Å²) in [6, 6.07) is 14.3. The molecule has 1 fully saturated rings. The number of nitrogens with zero attached hydrogens (tertiary/aromatic N) is 1. The molecule has 27 heavy (non-hydrogen) atoms. The third kappa shape index (κ3) is 3.80. The van der Waals surface area contributed by atoms with E-state index in [0.29, 0.717) is 17.7 Å². The Labute approximate surface area is 160 Å². The Kier molecular flexibility index (Phi) is 5.06. The van der Waals surface area contributed by atoms with Gasteiger partial charge in [-0.3, -0.25) is 4.79 Å². The summed E-state index contributed by atoms with van der Waals surface area (Å²) in [5.74, 6) is 0.751. The molecule has 0 aliphatic carbocycles. The van der Waals surface area contributed by atoms with Crippen LogP contribution in [0.2, 0.25) is 0 Å². The van der Waals surface area contributed by atoms with Crippen molar-refractivity contribution in [1.29, 1.82) is 0 Å². The van der Waals surface area contributed by atoms with Crippen LogP contribution in [0.1, 0.15) is 54.9 Å². The Balaban J connectivity index is 1.42. The smallest absolute Gasteiger partial charge is 0.170 e. The minimum absolute atomic E-state index is 0.0492. The number of aryl methyl sites for hydroxylation is 1. The Bertz CT molecular complexity index is 818. The van der Waals surface area contributed by atoms with Crippen LogP contribution >= 0.6 is 0 Å². The van der Waals surface area contributed by atoms with Crippen LogP contribution < -0.4 is 9.64 Å². The number of ether oxygens (including phenoxy) is 1. The first-order chi connectivity index (χ1) is 13.1. The molecule has 2 atom stereocenters. The summed E-state index contributed by atoms with van der Waals surface area (Å²) in [5.41, 5.74) is 2.66.